The third kappa shape index (κ3) is 5.49. The second-order valence-electron chi connectivity index (χ2n) is 7.36. The number of alkyl carbamates (subject to hydrolysis) is 1. The van der Waals surface area contributed by atoms with Crippen LogP contribution in [0, 0.1) is 0 Å². The van der Waals surface area contributed by atoms with Gasteiger partial charge in [0.25, 0.3) is 0 Å². The Kier molecular flexibility index (Phi) is 6.34. The Bertz CT molecular complexity index is 725. The highest BCUT2D eigenvalue weighted by Gasteiger charge is 2.31. The first-order valence-corrected chi connectivity index (χ1v) is 9.53. The van der Waals surface area contributed by atoms with Gasteiger partial charge in [-0.3, -0.25) is 10.3 Å². The summed E-state index contributed by atoms with van der Waals surface area (Å²) in [5, 5.41) is 7.35. The predicted octanol–water partition coefficient (Wildman–Crippen LogP) is 4.29. The van der Waals surface area contributed by atoms with E-state index in [2.05, 4.69) is 23.5 Å². The second-order valence-corrected chi connectivity index (χ2v) is 8.44. The smallest absolute Gasteiger partial charge is 0.413 e. The van der Waals surface area contributed by atoms with Gasteiger partial charge in [-0.15, -0.1) is 0 Å². The van der Waals surface area contributed by atoms with Gasteiger partial charge in [0.1, 0.15) is 12.7 Å². The number of nitrogens with zero attached hydrogens (tertiary/aromatic N) is 2. The van der Waals surface area contributed by atoms with Gasteiger partial charge in [-0.25, -0.2) is 4.79 Å². The quantitative estimate of drug-likeness (QED) is 0.630. The van der Waals surface area contributed by atoms with E-state index in [9.17, 15) is 4.79 Å². The van der Waals surface area contributed by atoms with Gasteiger partial charge in [0.15, 0.2) is 5.17 Å². The monoisotopic (exact) mass is 377 g/mol. The van der Waals surface area contributed by atoms with Crippen LogP contribution in [-0.2, 0) is 15.1 Å². The average Bonchev–Trinajstić information content (AvgIpc) is 2.53. The van der Waals surface area contributed by atoms with Gasteiger partial charge in [0, 0.05) is 5.75 Å². The summed E-state index contributed by atoms with van der Waals surface area (Å²) in [5.74, 6) is 0.862. The number of oxime groups is 1. The maximum atomic E-state index is 12.0. The Morgan fingerprint density at radius 1 is 1.38 bits per heavy atom. The van der Waals surface area contributed by atoms with Gasteiger partial charge in [0.2, 0.25) is 0 Å². The van der Waals surface area contributed by atoms with Gasteiger partial charge in [-0.2, -0.15) is 0 Å². The van der Waals surface area contributed by atoms with Gasteiger partial charge in [-0.05, 0) is 58.2 Å². The molecule has 0 spiro atoms. The molecule has 1 aromatic rings. The number of hydrogen-bond acceptors (Lipinski definition) is 6. The Balaban J connectivity index is 2.24. The average molecular weight is 378 g/mol. The van der Waals surface area contributed by atoms with Crippen molar-refractivity contribution < 1.29 is 14.4 Å². The van der Waals surface area contributed by atoms with Gasteiger partial charge in [-0.1, -0.05) is 35.1 Å². The van der Waals surface area contributed by atoms with E-state index in [1.807, 2.05) is 45.9 Å². The van der Waals surface area contributed by atoms with E-state index in [1.54, 1.807) is 0 Å². The fourth-order valence-corrected chi connectivity index (χ4v) is 3.71. The fourth-order valence-electron chi connectivity index (χ4n) is 2.59. The van der Waals surface area contributed by atoms with Crippen LogP contribution in [0.3, 0.4) is 0 Å². The third-order valence-electron chi connectivity index (χ3n) is 3.91. The number of aliphatic imine (C=N–C) groups is 1. The van der Waals surface area contributed by atoms with Crippen LogP contribution in [0.2, 0.25) is 0 Å². The maximum absolute atomic E-state index is 12.0. The SMILES string of the molecule is CON=C(C)c1cccc(C2(C)CCSC(NC(=O)OC(C)(C)C)=N2)c1. The lowest BCUT2D eigenvalue weighted by molar-refractivity contribution is 0.0564. The van der Waals surface area contributed by atoms with Crippen molar-refractivity contribution in [2.24, 2.45) is 10.1 Å². The number of benzene rings is 1. The Morgan fingerprint density at radius 3 is 2.77 bits per heavy atom. The van der Waals surface area contributed by atoms with Crippen molar-refractivity contribution in [2.75, 3.05) is 12.9 Å². The lowest BCUT2D eigenvalue weighted by atomic mass is 9.88. The van der Waals surface area contributed by atoms with E-state index in [0.29, 0.717) is 5.17 Å². The minimum Gasteiger partial charge on any atom is -0.444 e. The number of carbonyl (C=O) groups is 1. The zero-order valence-corrected chi connectivity index (χ0v) is 17.1. The second kappa shape index (κ2) is 8.12. The van der Waals surface area contributed by atoms with Crippen molar-refractivity contribution in [2.45, 2.75) is 52.2 Å². The molecule has 142 valence electrons. The van der Waals surface area contributed by atoms with Crippen molar-refractivity contribution in [3.63, 3.8) is 0 Å². The lowest BCUT2D eigenvalue weighted by Gasteiger charge is -2.31. The molecule has 7 heteroatoms. The zero-order valence-electron chi connectivity index (χ0n) is 16.3. The van der Waals surface area contributed by atoms with Crippen LogP contribution in [0.4, 0.5) is 4.79 Å². The lowest BCUT2D eigenvalue weighted by Crippen LogP contribution is -2.38. The van der Waals surface area contributed by atoms with Crippen molar-refractivity contribution in [3.8, 4) is 0 Å². The molecule has 1 amide bonds. The van der Waals surface area contributed by atoms with Gasteiger partial charge < -0.3 is 9.57 Å². The number of nitrogens with one attached hydrogen (secondary N) is 1. The molecule has 0 fully saturated rings. The normalized spacial score (nSPS) is 21.0. The molecular formula is C19H27N3O3S. The molecule has 0 aliphatic carbocycles. The number of hydrogen-bond donors (Lipinski definition) is 1. The van der Waals surface area contributed by atoms with Crippen molar-refractivity contribution in [1.82, 2.24) is 5.32 Å². The molecule has 1 aromatic carbocycles. The molecule has 1 unspecified atom stereocenters. The molecular weight excluding hydrogens is 350 g/mol. The summed E-state index contributed by atoms with van der Waals surface area (Å²) in [6.07, 6.45) is 0.394. The summed E-state index contributed by atoms with van der Waals surface area (Å²) >= 11 is 1.53. The van der Waals surface area contributed by atoms with Crippen LogP contribution in [0.5, 0.6) is 0 Å². The predicted molar refractivity (Wildman–Crippen MR) is 107 cm³/mol. The molecule has 0 bridgehead atoms. The maximum Gasteiger partial charge on any atom is 0.413 e. The number of amides is 1. The molecule has 1 aliphatic rings. The molecule has 26 heavy (non-hydrogen) atoms. The van der Waals surface area contributed by atoms with Crippen molar-refractivity contribution in [3.05, 3.63) is 35.4 Å². The molecule has 0 saturated carbocycles. The number of thioether (sulfide) groups is 1. The van der Waals surface area contributed by atoms with Crippen LogP contribution in [0.15, 0.2) is 34.4 Å². The molecule has 6 nitrogen and oxygen atoms in total. The summed E-state index contributed by atoms with van der Waals surface area (Å²) in [4.78, 5) is 21.7. The highest BCUT2D eigenvalue weighted by atomic mass is 32.2. The molecule has 0 aromatic heterocycles. The molecule has 0 saturated heterocycles. The summed E-state index contributed by atoms with van der Waals surface area (Å²) in [6, 6.07) is 8.10. The largest absolute Gasteiger partial charge is 0.444 e. The molecule has 1 atom stereocenters. The van der Waals surface area contributed by atoms with Crippen LogP contribution in [-0.4, -0.2) is 35.4 Å². The zero-order chi connectivity index (χ0) is 19.4. The number of rotatable bonds is 3. The third-order valence-corrected chi connectivity index (χ3v) is 4.79. The first kappa shape index (κ1) is 20.3. The molecule has 1 aliphatic heterocycles. The van der Waals surface area contributed by atoms with Crippen molar-refractivity contribution >= 4 is 28.7 Å². The fraction of sp³-hybridized carbons (Fsp3) is 0.526. The summed E-state index contributed by atoms with van der Waals surface area (Å²) in [5.41, 5.74) is 1.91. The Hall–Kier alpha value is -2.02. The van der Waals surface area contributed by atoms with Crippen LogP contribution >= 0.6 is 11.8 Å². The van der Waals surface area contributed by atoms with Crippen LogP contribution in [0.1, 0.15) is 52.2 Å². The first-order valence-electron chi connectivity index (χ1n) is 8.54. The van der Waals surface area contributed by atoms with E-state index in [0.717, 1.165) is 29.0 Å². The van der Waals surface area contributed by atoms with Crippen LogP contribution < -0.4 is 5.32 Å². The molecule has 2 rings (SSSR count). The minimum atomic E-state index is -0.542. The summed E-state index contributed by atoms with van der Waals surface area (Å²) in [7, 11) is 1.53. The number of carbonyl (C=O) groups excluding carboxylic acids is 1. The highest BCUT2D eigenvalue weighted by molar-refractivity contribution is 8.13. The number of amidine groups is 1. The van der Waals surface area contributed by atoms with E-state index in [1.165, 1.54) is 18.9 Å². The van der Waals surface area contributed by atoms with E-state index < -0.39 is 17.2 Å². The standard InChI is InChI=1S/C19H27N3O3S/c1-13(22-24-6)14-8-7-9-15(12-14)19(5)10-11-26-16(21-19)20-17(23)25-18(2,3)4/h7-9,12H,10-11H2,1-6H3,(H,20,21,23). The highest BCUT2D eigenvalue weighted by Crippen LogP contribution is 2.35. The topological polar surface area (TPSA) is 72.3 Å². The molecule has 1 N–H and O–H groups in total. The molecule has 1 heterocycles. The van der Waals surface area contributed by atoms with E-state index in [4.69, 9.17) is 14.6 Å². The summed E-state index contributed by atoms with van der Waals surface area (Å²) < 4.78 is 5.32. The first-order chi connectivity index (χ1) is 12.1. The Labute approximate surface area is 159 Å². The summed E-state index contributed by atoms with van der Waals surface area (Å²) in [6.45, 7) is 9.48. The number of ether oxygens (including phenoxy) is 1. The van der Waals surface area contributed by atoms with Crippen molar-refractivity contribution in [1.29, 1.82) is 0 Å². The Morgan fingerprint density at radius 2 is 2.12 bits per heavy atom. The van der Waals surface area contributed by atoms with Crippen LogP contribution in [0.25, 0.3) is 0 Å². The van der Waals surface area contributed by atoms with E-state index >= 15 is 0 Å². The minimum absolute atomic E-state index is 0.418. The molecule has 0 radical (unpaired) electrons. The van der Waals surface area contributed by atoms with Gasteiger partial charge >= 0.3 is 6.09 Å². The van der Waals surface area contributed by atoms with E-state index in [-0.39, 0.29) is 0 Å². The van der Waals surface area contributed by atoms with Gasteiger partial charge in [0.05, 0.1) is 11.3 Å².